The Balaban J connectivity index is 2.11. The number of nitrogens with two attached hydrogens (primary N) is 1. The maximum absolute atomic E-state index is 11.6. The van der Waals surface area contributed by atoms with Crippen LogP contribution in [0.25, 0.3) is 22.7 Å². The molecular formula is C18H19N3O2. The van der Waals surface area contributed by atoms with E-state index in [2.05, 4.69) is 19.0 Å². The molecule has 0 unspecified atom stereocenters. The molecule has 118 valence electrons. The third kappa shape index (κ3) is 2.65. The molecule has 0 aliphatic heterocycles. The van der Waals surface area contributed by atoms with Gasteiger partial charge in [-0.2, -0.15) is 0 Å². The third-order valence-corrected chi connectivity index (χ3v) is 3.90. The lowest BCUT2D eigenvalue weighted by molar-refractivity contribution is 0.0999. The predicted molar refractivity (Wildman–Crippen MR) is 89.0 cm³/mol. The molecule has 0 aliphatic carbocycles. The van der Waals surface area contributed by atoms with Gasteiger partial charge in [-0.05, 0) is 26.8 Å². The van der Waals surface area contributed by atoms with Gasteiger partial charge >= 0.3 is 0 Å². The van der Waals surface area contributed by atoms with E-state index in [4.69, 9.17) is 10.3 Å². The third-order valence-electron chi connectivity index (χ3n) is 3.90. The normalized spacial score (nSPS) is 11.1. The van der Waals surface area contributed by atoms with E-state index in [0.29, 0.717) is 17.0 Å². The summed E-state index contributed by atoms with van der Waals surface area (Å²) in [5, 5.41) is 4.17. The first-order valence-electron chi connectivity index (χ1n) is 7.53. The lowest BCUT2D eigenvalue weighted by Gasteiger charge is -2.14. The highest BCUT2D eigenvalue weighted by atomic mass is 16.5. The summed E-state index contributed by atoms with van der Waals surface area (Å²) in [5.41, 5.74) is 9.30. The summed E-state index contributed by atoms with van der Waals surface area (Å²) in [6, 6.07) is 13.6. The molecule has 2 N–H and O–H groups in total. The van der Waals surface area contributed by atoms with Crippen molar-refractivity contribution in [2.24, 2.45) is 5.73 Å². The average molecular weight is 309 g/mol. The smallest absolute Gasteiger partial charge is 0.250 e. The van der Waals surface area contributed by atoms with Crippen LogP contribution in [-0.2, 0) is 0 Å². The molecule has 1 amide bonds. The van der Waals surface area contributed by atoms with Crippen LogP contribution in [0.15, 0.2) is 47.0 Å². The molecule has 0 bridgehead atoms. The van der Waals surface area contributed by atoms with Crippen molar-refractivity contribution in [1.82, 2.24) is 9.72 Å². The number of rotatable bonds is 4. The summed E-state index contributed by atoms with van der Waals surface area (Å²) in [4.78, 5) is 11.6. The van der Waals surface area contributed by atoms with Crippen molar-refractivity contribution < 1.29 is 9.32 Å². The summed E-state index contributed by atoms with van der Waals surface area (Å²) < 4.78 is 7.52. The molecule has 0 saturated heterocycles. The molecule has 5 nitrogen and oxygen atoms in total. The maximum Gasteiger partial charge on any atom is 0.250 e. The van der Waals surface area contributed by atoms with E-state index in [1.165, 1.54) is 0 Å². The van der Waals surface area contributed by atoms with Crippen LogP contribution in [0.2, 0.25) is 0 Å². The van der Waals surface area contributed by atoms with Crippen LogP contribution in [-0.4, -0.2) is 15.6 Å². The molecule has 3 rings (SSSR count). The van der Waals surface area contributed by atoms with Gasteiger partial charge in [0.2, 0.25) is 0 Å². The fourth-order valence-electron chi connectivity index (χ4n) is 2.87. The first kappa shape index (κ1) is 15.1. The fraction of sp³-hybridized carbons (Fsp3) is 0.222. The van der Waals surface area contributed by atoms with Gasteiger partial charge < -0.3 is 14.8 Å². The highest BCUT2D eigenvalue weighted by molar-refractivity contribution is 5.95. The Kier molecular flexibility index (Phi) is 3.78. The van der Waals surface area contributed by atoms with Gasteiger partial charge in [-0.25, -0.2) is 0 Å². The topological polar surface area (TPSA) is 74.1 Å². The lowest BCUT2D eigenvalue weighted by Crippen LogP contribution is -2.13. The molecule has 2 heterocycles. The maximum atomic E-state index is 11.6. The van der Waals surface area contributed by atoms with Crippen LogP contribution < -0.4 is 5.73 Å². The number of primary amides is 1. The molecular weight excluding hydrogens is 290 g/mol. The zero-order chi connectivity index (χ0) is 16.6. The largest absolute Gasteiger partial charge is 0.366 e. The molecule has 0 spiro atoms. The van der Waals surface area contributed by atoms with Crippen LogP contribution in [0.5, 0.6) is 0 Å². The Hall–Kier alpha value is -2.82. The summed E-state index contributed by atoms with van der Waals surface area (Å²) in [5.74, 6) is 0.255. The van der Waals surface area contributed by atoms with E-state index in [9.17, 15) is 4.79 Å². The van der Waals surface area contributed by atoms with Crippen molar-refractivity contribution in [1.29, 1.82) is 0 Å². The summed E-state index contributed by atoms with van der Waals surface area (Å²) >= 11 is 0. The van der Waals surface area contributed by atoms with Gasteiger partial charge in [-0.15, -0.1) is 0 Å². The molecule has 3 aromatic rings. The first-order valence-corrected chi connectivity index (χ1v) is 7.53. The molecule has 0 saturated carbocycles. The Labute approximate surface area is 134 Å². The SMILES string of the molecule is Cc1c(C(N)=O)cc(-c2cc(-c3ccccc3)on2)n1C(C)C. The van der Waals surface area contributed by atoms with Gasteiger partial charge in [-0.1, -0.05) is 35.5 Å². The minimum atomic E-state index is -0.435. The van der Waals surface area contributed by atoms with Crippen LogP contribution in [0.4, 0.5) is 0 Å². The molecule has 0 atom stereocenters. The number of hydrogen-bond donors (Lipinski definition) is 1. The van der Waals surface area contributed by atoms with E-state index in [0.717, 1.165) is 17.0 Å². The molecule has 1 aromatic carbocycles. The lowest BCUT2D eigenvalue weighted by atomic mass is 10.1. The van der Waals surface area contributed by atoms with E-state index in [-0.39, 0.29) is 6.04 Å². The van der Waals surface area contributed by atoms with Gasteiger partial charge in [-0.3, -0.25) is 4.79 Å². The van der Waals surface area contributed by atoms with Crippen molar-refractivity contribution >= 4 is 5.91 Å². The standard InChI is InChI=1S/C18H19N3O2/c1-11(2)21-12(3)14(18(19)22)9-16(21)15-10-17(23-20-15)13-7-5-4-6-8-13/h4-11H,1-3H3,(H2,19,22). The molecule has 23 heavy (non-hydrogen) atoms. The molecule has 5 heteroatoms. The van der Waals surface area contributed by atoms with Crippen molar-refractivity contribution in [3.8, 4) is 22.7 Å². The second kappa shape index (κ2) is 5.76. The summed E-state index contributed by atoms with van der Waals surface area (Å²) in [7, 11) is 0. The summed E-state index contributed by atoms with van der Waals surface area (Å²) in [6.07, 6.45) is 0. The summed E-state index contributed by atoms with van der Waals surface area (Å²) in [6.45, 7) is 6.00. The Morgan fingerprint density at radius 2 is 1.91 bits per heavy atom. The number of benzene rings is 1. The van der Waals surface area contributed by atoms with Gasteiger partial charge in [0.15, 0.2) is 5.76 Å². The van der Waals surface area contributed by atoms with Crippen LogP contribution in [0.1, 0.15) is 35.9 Å². The minimum absolute atomic E-state index is 0.176. The van der Waals surface area contributed by atoms with E-state index in [1.54, 1.807) is 6.07 Å². The van der Waals surface area contributed by atoms with Gasteiger partial charge in [0.25, 0.3) is 5.91 Å². The van der Waals surface area contributed by atoms with E-state index < -0.39 is 5.91 Å². The van der Waals surface area contributed by atoms with Gasteiger partial charge in [0.05, 0.1) is 11.3 Å². The van der Waals surface area contributed by atoms with Gasteiger partial charge in [0, 0.05) is 23.4 Å². The number of amides is 1. The fourth-order valence-corrected chi connectivity index (χ4v) is 2.87. The molecule has 0 aliphatic rings. The van der Waals surface area contributed by atoms with Crippen LogP contribution >= 0.6 is 0 Å². The van der Waals surface area contributed by atoms with Crippen molar-refractivity contribution in [2.75, 3.05) is 0 Å². The first-order chi connectivity index (χ1) is 11.0. The number of hydrogen-bond acceptors (Lipinski definition) is 3. The van der Waals surface area contributed by atoms with Crippen molar-refractivity contribution in [3.63, 3.8) is 0 Å². The molecule has 0 radical (unpaired) electrons. The van der Waals surface area contributed by atoms with E-state index in [1.807, 2.05) is 47.9 Å². The minimum Gasteiger partial charge on any atom is -0.366 e. The Bertz CT molecular complexity index is 845. The average Bonchev–Trinajstić information content (AvgIpc) is 3.12. The monoisotopic (exact) mass is 309 g/mol. The highest BCUT2D eigenvalue weighted by Gasteiger charge is 2.21. The second-order valence-electron chi connectivity index (χ2n) is 5.80. The molecule has 0 fully saturated rings. The number of carbonyl (C=O) groups excluding carboxylic acids is 1. The van der Waals surface area contributed by atoms with Crippen molar-refractivity contribution in [3.05, 3.63) is 53.7 Å². The zero-order valence-corrected chi connectivity index (χ0v) is 13.4. The van der Waals surface area contributed by atoms with Gasteiger partial charge in [0.1, 0.15) is 5.69 Å². The Morgan fingerprint density at radius 3 is 2.52 bits per heavy atom. The zero-order valence-electron chi connectivity index (χ0n) is 13.4. The predicted octanol–water partition coefficient (Wildman–Crippen LogP) is 3.80. The number of aromatic nitrogens is 2. The second-order valence-corrected chi connectivity index (χ2v) is 5.80. The van der Waals surface area contributed by atoms with E-state index >= 15 is 0 Å². The van der Waals surface area contributed by atoms with Crippen LogP contribution in [0.3, 0.4) is 0 Å². The number of nitrogens with zero attached hydrogens (tertiary/aromatic N) is 2. The number of carbonyl (C=O) groups is 1. The van der Waals surface area contributed by atoms with Crippen LogP contribution in [0, 0.1) is 6.92 Å². The van der Waals surface area contributed by atoms with Crippen molar-refractivity contribution in [2.45, 2.75) is 26.8 Å². The molecule has 2 aromatic heterocycles. The highest BCUT2D eigenvalue weighted by Crippen LogP contribution is 2.31. The Morgan fingerprint density at radius 1 is 1.22 bits per heavy atom. The quantitative estimate of drug-likeness (QED) is 0.796.